The van der Waals surface area contributed by atoms with Crippen molar-refractivity contribution in [1.82, 2.24) is 16.0 Å². The predicted octanol–water partition coefficient (Wildman–Crippen LogP) is -0.522. The van der Waals surface area contributed by atoms with Crippen LogP contribution in [-0.2, 0) is 9.53 Å². The molecular weight excluding hydrogens is 218 g/mol. The molecule has 4 atom stereocenters. The Morgan fingerprint density at radius 2 is 2.18 bits per heavy atom. The van der Waals surface area contributed by atoms with Crippen molar-refractivity contribution in [2.24, 2.45) is 5.92 Å². The van der Waals surface area contributed by atoms with Gasteiger partial charge in [0.2, 0.25) is 5.91 Å². The van der Waals surface area contributed by atoms with E-state index >= 15 is 0 Å². The van der Waals surface area contributed by atoms with Crippen molar-refractivity contribution in [3.05, 3.63) is 0 Å². The third-order valence-electron chi connectivity index (χ3n) is 3.73. The minimum Gasteiger partial charge on any atom is -0.378 e. The first kappa shape index (κ1) is 12.8. The lowest BCUT2D eigenvalue weighted by Gasteiger charge is -2.28. The maximum Gasteiger partial charge on any atom is 0.238 e. The molecule has 2 aliphatic rings. The molecule has 17 heavy (non-hydrogen) atoms. The molecular formula is C12H23N3O2. The van der Waals surface area contributed by atoms with Crippen molar-refractivity contribution in [2.75, 3.05) is 26.2 Å². The van der Waals surface area contributed by atoms with Crippen LogP contribution in [0, 0.1) is 5.92 Å². The summed E-state index contributed by atoms with van der Waals surface area (Å²) < 4.78 is 5.48. The quantitative estimate of drug-likeness (QED) is 0.622. The minimum absolute atomic E-state index is 0.0937. The first-order valence-corrected chi connectivity index (χ1v) is 6.53. The molecule has 4 unspecified atom stereocenters. The number of rotatable bonds is 3. The first-order chi connectivity index (χ1) is 8.16. The fourth-order valence-electron chi connectivity index (χ4n) is 2.37. The maximum absolute atomic E-state index is 11.9. The van der Waals surface area contributed by atoms with E-state index in [2.05, 4.69) is 29.8 Å². The van der Waals surface area contributed by atoms with Crippen molar-refractivity contribution >= 4 is 5.91 Å². The van der Waals surface area contributed by atoms with E-state index in [0.29, 0.717) is 18.5 Å². The number of carbonyl (C=O) groups is 1. The smallest absolute Gasteiger partial charge is 0.238 e. The summed E-state index contributed by atoms with van der Waals surface area (Å²) in [7, 11) is 0. The van der Waals surface area contributed by atoms with Crippen LogP contribution in [0.3, 0.4) is 0 Å². The van der Waals surface area contributed by atoms with Crippen LogP contribution in [0.2, 0.25) is 0 Å². The topological polar surface area (TPSA) is 62.4 Å². The zero-order chi connectivity index (χ0) is 12.3. The monoisotopic (exact) mass is 241 g/mol. The second-order valence-corrected chi connectivity index (χ2v) is 5.14. The molecule has 0 spiro atoms. The summed E-state index contributed by atoms with van der Waals surface area (Å²) >= 11 is 0. The number of nitrogens with one attached hydrogen (secondary N) is 3. The van der Waals surface area contributed by atoms with Crippen molar-refractivity contribution in [1.29, 1.82) is 0 Å². The molecule has 2 saturated heterocycles. The molecule has 0 saturated carbocycles. The SMILES string of the molecule is CC1CNC(C(=O)NCC2CCOC2C)CN1. The average Bonchev–Trinajstić information content (AvgIpc) is 2.73. The van der Waals surface area contributed by atoms with E-state index in [4.69, 9.17) is 4.74 Å². The van der Waals surface area contributed by atoms with Gasteiger partial charge in [0.05, 0.1) is 12.1 Å². The molecule has 0 radical (unpaired) electrons. The van der Waals surface area contributed by atoms with Crippen LogP contribution in [-0.4, -0.2) is 50.3 Å². The van der Waals surface area contributed by atoms with E-state index in [9.17, 15) is 4.79 Å². The van der Waals surface area contributed by atoms with Gasteiger partial charge in [-0.25, -0.2) is 0 Å². The highest BCUT2D eigenvalue weighted by molar-refractivity contribution is 5.82. The summed E-state index contributed by atoms with van der Waals surface area (Å²) in [6.07, 6.45) is 1.32. The Labute approximate surface area is 103 Å². The largest absolute Gasteiger partial charge is 0.378 e. The Morgan fingerprint density at radius 1 is 1.35 bits per heavy atom. The van der Waals surface area contributed by atoms with Gasteiger partial charge >= 0.3 is 0 Å². The zero-order valence-electron chi connectivity index (χ0n) is 10.7. The fraction of sp³-hybridized carbons (Fsp3) is 0.917. The van der Waals surface area contributed by atoms with Crippen molar-refractivity contribution < 1.29 is 9.53 Å². The van der Waals surface area contributed by atoms with Gasteiger partial charge in [0.15, 0.2) is 0 Å². The molecule has 0 aromatic rings. The third-order valence-corrected chi connectivity index (χ3v) is 3.73. The molecule has 3 N–H and O–H groups in total. The van der Waals surface area contributed by atoms with Gasteiger partial charge in [0, 0.05) is 38.2 Å². The van der Waals surface area contributed by atoms with Crippen molar-refractivity contribution in [3.8, 4) is 0 Å². The minimum atomic E-state index is -0.0937. The van der Waals surface area contributed by atoms with Gasteiger partial charge in [0.1, 0.15) is 0 Å². The van der Waals surface area contributed by atoms with Gasteiger partial charge < -0.3 is 20.7 Å². The van der Waals surface area contributed by atoms with Crippen LogP contribution in [0.1, 0.15) is 20.3 Å². The summed E-state index contributed by atoms with van der Waals surface area (Å²) in [5, 5.41) is 9.57. The lowest BCUT2D eigenvalue weighted by atomic mass is 10.0. The standard InChI is InChI=1S/C12H23N3O2/c1-8-5-14-11(7-13-8)12(16)15-6-10-3-4-17-9(10)2/h8-11,13-14H,3-7H2,1-2H3,(H,15,16). The Hall–Kier alpha value is -0.650. The maximum atomic E-state index is 11.9. The number of amides is 1. The number of piperazine rings is 1. The van der Waals surface area contributed by atoms with E-state index in [0.717, 1.165) is 26.1 Å². The van der Waals surface area contributed by atoms with Crippen LogP contribution < -0.4 is 16.0 Å². The number of hydrogen-bond acceptors (Lipinski definition) is 4. The number of carbonyl (C=O) groups excluding carboxylic acids is 1. The highest BCUT2D eigenvalue weighted by Gasteiger charge is 2.27. The Kier molecular flexibility index (Phi) is 4.36. The molecule has 5 nitrogen and oxygen atoms in total. The Balaban J connectivity index is 1.70. The lowest BCUT2D eigenvalue weighted by molar-refractivity contribution is -0.123. The Bertz CT molecular complexity index is 264. The van der Waals surface area contributed by atoms with Crippen LogP contribution in [0.25, 0.3) is 0 Å². The summed E-state index contributed by atoms with van der Waals surface area (Å²) in [4.78, 5) is 11.9. The van der Waals surface area contributed by atoms with E-state index in [1.54, 1.807) is 0 Å². The van der Waals surface area contributed by atoms with Crippen LogP contribution >= 0.6 is 0 Å². The van der Waals surface area contributed by atoms with Crippen molar-refractivity contribution in [3.63, 3.8) is 0 Å². The van der Waals surface area contributed by atoms with E-state index in [-0.39, 0.29) is 18.1 Å². The van der Waals surface area contributed by atoms with Gasteiger partial charge in [-0.15, -0.1) is 0 Å². The normalized spacial score (nSPS) is 38.0. The molecule has 98 valence electrons. The molecule has 0 bridgehead atoms. The van der Waals surface area contributed by atoms with Gasteiger partial charge in [-0.3, -0.25) is 4.79 Å². The highest BCUT2D eigenvalue weighted by Crippen LogP contribution is 2.19. The third kappa shape index (κ3) is 3.40. The van der Waals surface area contributed by atoms with Gasteiger partial charge in [-0.05, 0) is 20.3 Å². The van der Waals surface area contributed by atoms with E-state index < -0.39 is 0 Å². The summed E-state index contributed by atoms with van der Waals surface area (Å²) in [6.45, 7) is 7.30. The lowest BCUT2D eigenvalue weighted by Crippen LogP contribution is -2.59. The predicted molar refractivity (Wildman–Crippen MR) is 65.8 cm³/mol. The highest BCUT2D eigenvalue weighted by atomic mass is 16.5. The van der Waals surface area contributed by atoms with Gasteiger partial charge in [-0.1, -0.05) is 0 Å². The number of hydrogen-bond donors (Lipinski definition) is 3. The van der Waals surface area contributed by atoms with Crippen LogP contribution in [0.15, 0.2) is 0 Å². The van der Waals surface area contributed by atoms with Crippen LogP contribution in [0.4, 0.5) is 0 Å². The first-order valence-electron chi connectivity index (χ1n) is 6.53. The molecule has 1 amide bonds. The van der Waals surface area contributed by atoms with Gasteiger partial charge in [-0.2, -0.15) is 0 Å². The van der Waals surface area contributed by atoms with Gasteiger partial charge in [0.25, 0.3) is 0 Å². The molecule has 2 heterocycles. The molecule has 5 heteroatoms. The average molecular weight is 241 g/mol. The second-order valence-electron chi connectivity index (χ2n) is 5.14. The molecule has 0 aliphatic carbocycles. The molecule has 2 aliphatic heterocycles. The van der Waals surface area contributed by atoms with E-state index in [1.165, 1.54) is 0 Å². The molecule has 0 aromatic carbocycles. The summed E-state index contributed by atoms with van der Waals surface area (Å²) in [5.74, 6) is 0.568. The molecule has 0 aromatic heterocycles. The summed E-state index contributed by atoms with van der Waals surface area (Å²) in [6, 6.07) is 0.353. The molecule has 2 fully saturated rings. The Morgan fingerprint density at radius 3 is 2.76 bits per heavy atom. The van der Waals surface area contributed by atoms with Crippen molar-refractivity contribution in [2.45, 2.75) is 38.5 Å². The number of ether oxygens (including phenoxy) is 1. The summed E-state index contributed by atoms with van der Waals surface area (Å²) in [5.41, 5.74) is 0. The van der Waals surface area contributed by atoms with Crippen LogP contribution in [0.5, 0.6) is 0 Å². The fourth-order valence-corrected chi connectivity index (χ4v) is 2.37. The molecule has 2 rings (SSSR count). The zero-order valence-corrected chi connectivity index (χ0v) is 10.7. The van der Waals surface area contributed by atoms with E-state index in [1.807, 2.05) is 0 Å². The second kappa shape index (κ2) is 5.80.